The summed E-state index contributed by atoms with van der Waals surface area (Å²) in [5.74, 6) is 0. The molecule has 1 nitrogen and oxygen atoms in total. The van der Waals surface area contributed by atoms with Gasteiger partial charge < -0.3 is 4.98 Å². The van der Waals surface area contributed by atoms with Crippen LogP contribution in [0, 0.1) is 0 Å². The van der Waals surface area contributed by atoms with Gasteiger partial charge in [0.05, 0.1) is 6.33 Å². The van der Waals surface area contributed by atoms with Gasteiger partial charge in [0.2, 0.25) is 0 Å². The Balaban J connectivity index is 2.78. The summed E-state index contributed by atoms with van der Waals surface area (Å²) >= 11 is 0. The van der Waals surface area contributed by atoms with E-state index in [0.29, 0.717) is 6.33 Å². The molecule has 0 amide bonds. The Morgan fingerprint density at radius 2 is 2.08 bits per heavy atom. The van der Waals surface area contributed by atoms with Crippen LogP contribution in [0.5, 0.6) is 0 Å². The Bertz CT molecular complexity index is 459. The first-order valence-corrected chi connectivity index (χ1v) is 4.53. The highest BCUT2D eigenvalue weighted by atomic mass is 31.0. The lowest BCUT2D eigenvalue weighted by Crippen LogP contribution is -1.92. The zero-order chi connectivity index (χ0) is 9.26. The van der Waals surface area contributed by atoms with E-state index in [0.717, 1.165) is 21.9 Å². The number of benzene rings is 1. The van der Waals surface area contributed by atoms with E-state index in [1.165, 1.54) is 6.08 Å². The number of aromatic nitrogens is 1. The second-order valence-corrected chi connectivity index (χ2v) is 3.37. The van der Waals surface area contributed by atoms with E-state index in [9.17, 15) is 4.39 Å². The van der Waals surface area contributed by atoms with Gasteiger partial charge in [-0.1, -0.05) is 27.4 Å². The number of fused-ring (bicyclic) bond motifs is 1. The lowest BCUT2D eigenvalue weighted by atomic mass is 10.2. The predicted molar refractivity (Wildman–Crippen MR) is 57.8 cm³/mol. The van der Waals surface area contributed by atoms with Crippen molar-refractivity contribution in [2.75, 3.05) is 0 Å². The van der Waals surface area contributed by atoms with Gasteiger partial charge >= 0.3 is 0 Å². The van der Waals surface area contributed by atoms with E-state index in [2.05, 4.69) is 14.2 Å². The summed E-state index contributed by atoms with van der Waals surface area (Å²) in [6, 6.07) is 7.83. The predicted octanol–water partition coefficient (Wildman–Crippen LogP) is 2.61. The van der Waals surface area contributed by atoms with E-state index < -0.39 is 0 Å². The van der Waals surface area contributed by atoms with Crippen molar-refractivity contribution in [3.05, 3.63) is 36.2 Å². The van der Waals surface area contributed by atoms with Gasteiger partial charge in [0.15, 0.2) is 0 Å². The molecule has 0 saturated carbocycles. The van der Waals surface area contributed by atoms with Gasteiger partial charge in [0.25, 0.3) is 0 Å². The number of para-hydroxylation sites is 1. The van der Waals surface area contributed by atoms with Crippen LogP contribution in [-0.4, -0.2) is 4.98 Å². The molecule has 2 aromatic rings. The smallest absolute Gasteiger partial charge is 0.0873 e. The summed E-state index contributed by atoms with van der Waals surface area (Å²) in [7, 11) is 2.56. The number of H-pyrrole nitrogens is 1. The van der Waals surface area contributed by atoms with Crippen LogP contribution in [0.3, 0.4) is 0 Å². The van der Waals surface area contributed by atoms with Crippen LogP contribution >= 0.6 is 9.24 Å². The van der Waals surface area contributed by atoms with Crippen LogP contribution in [0.15, 0.2) is 30.6 Å². The van der Waals surface area contributed by atoms with Gasteiger partial charge in [0.1, 0.15) is 0 Å². The maximum absolute atomic E-state index is 12.1. The van der Waals surface area contributed by atoms with Crippen LogP contribution in [0.2, 0.25) is 0 Å². The lowest BCUT2D eigenvalue weighted by Gasteiger charge is -1.90. The molecular formula is C10H9FNP. The molecule has 1 atom stereocenters. The molecular weight excluding hydrogens is 184 g/mol. The van der Waals surface area contributed by atoms with Crippen LogP contribution in [0.4, 0.5) is 4.39 Å². The summed E-state index contributed by atoms with van der Waals surface area (Å²) in [5.41, 5.74) is 2.83. The minimum absolute atomic E-state index is 0.559. The molecule has 0 aliphatic carbocycles. The van der Waals surface area contributed by atoms with Crippen molar-refractivity contribution in [3.63, 3.8) is 0 Å². The monoisotopic (exact) mass is 193 g/mol. The highest BCUT2D eigenvalue weighted by Crippen LogP contribution is 2.18. The minimum Gasteiger partial charge on any atom is -0.355 e. The Hall–Kier alpha value is -1.14. The third-order valence-corrected chi connectivity index (χ3v) is 2.46. The van der Waals surface area contributed by atoms with Crippen LogP contribution < -0.4 is 5.44 Å². The fraction of sp³-hybridized carbons (Fsp3) is 0. The van der Waals surface area contributed by atoms with Crippen LogP contribution in [0.1, 0.15) is 5.56 Å². The Morgan fingerprint density at radius 3 is 2.85 bits per heavy atom. The Labute approximate surface area is 77.9 Å². The first-order valence-electron chi connectivity index (χ1n) is 3.96. The van der Waals surface area contributed by atoms with E-state index in [1.54, 1.807) is 0 Å². The third-order valence-electron chi connectivity index (χ3n) is 2.01. The minimum atomic E-state index is 0.559. The van der Waals surface area contributed by atoms with Crippen molar-refractivity contribution < 1.29 is 4.39 Å². The van der Waals surface area contributed by atoms with Gasteiger partial charge in [-0.2, -0.15) is 0 Å². The molecule has 1 aromatic heterocycles. The van der Waals surface area contributed by atoms with E-state index in [4.69, 9.17) is 0 Å². The lowest BCUT2D eigenvalue weighted by molar-refractivity contribution is 0.727. The second-order valence-electron chi connectivity index (χ2n) is 2.79. The first kappa shape index (κ1) is 8.46. The summed E-state index contributed by atoms with van der Waals surface area (Å²) in [5, 5.41) is 1.04. The molecule has 0 saturated heterocycles. The summed E-state index contributed by atoms with van der Waals surface area (Å²) in [6.45, 7) is 0. The molecule has 0 aliphatic rings. The zero-order valence-electron chi connectivity index (χ0n) is 6.92. The quantitative estimate of drug-likeness (QED) is 0.670. The standard InChI is InChI=1S/C10H9FNP/c11-6-5-8-7-3-1-2-4-9(7)12-10(8)13/h1-6,12H,13H2. The maximum Gasteiger partial charge on any atom is 0.0873 e. The summed E-state index contributed by atoms with van der Waals surface area (Å²) < 4.78 is 12.1. The van der Waals surface area contributed by atoms with Gasteiger partial charge in [-0.15, -0.1) is 0 Å². The highest BCUT2D eigenvalue weighted by molar-refractivity contribution is 7.27. The van der Waals surface area contributed by atoms with Crippen molar-refractivity contribution in [3.8, 4) is 0 Å². The molecule has 0 aliphatic heterocycles. The summed E-state index contributed by atoms with van der Waals surface area (Å²) in [6.07, 6.45) is 2.02. The maximum atomic E-state index is 12.1. The molecule has 1 unspecified atom stereocenters. The van der Waals surface area contributed by atoms with Crippen molar-refractivity contribution in [2.24, 2.45) is 0 Å². The average Bonchev–Trinajstić information content (AvgIpc) is 2.44. The van der Waals surface area contributed by atoms with Gasteiger partial charge in [-0.25, -0.2) is 4.39 Å². The second kappa shape index (κ2) is 3.31. The fourth-order valence-corrected chi connectivity index (χ4v) is 1.83. The molecule has 13 heavy (non-hydrogen) atoms. The Kier molecular flexibility index (Phi) is 2.15. The normalized spacial score (nSPS) is 11.5. The molecule has 1 heterocycles. The first-order chi connectivity index (χ1) is 6.33. The van der Waals surface area contributed by atoms with Crippen molar-refractivity contribution >= 4 is 31.7 Å². The number of rotatable bonds is 1. The number of halogens is 1. The average molecular weight is 193 g/mol. The van der Waals surface area contributed by atoms with E-state index >= 15 is 0 Å². The number of aromatic amines is 1. The molecule has 0 radical (unpaired) electrons. The van der Waals surface area contributed by atoms with Gasteiger partial charge in [0, 0.05) is 21.9 Å². The van der Waals surface area contributed by atoms with Crippen molar-refractivity contribution in [1.29, 1.82) is 0 Å². The molecule has 1 N–H and O–H groups in total. The molecule has 66 valence electrons. The third kappa shape index (κ3) is 1.38. The SMILES string of the molecule is FC=Cc1c(P)[nH]c2ccccc12. The van der Waals surface area contributed by atoms with Gasteiger partial charge in [-0.05, 0) is 12.1 Å². The van der Waals surface area contributed by atoms with Crippen molar-refractivity contribution in [2.45, 2.75) is 0 Å². The van der Waals surface area contributed by atoms with Crippen LogP contribution in [0.25, 0.3) is 17.0 Å². The Morgan fingerprint density at radius 1 is 1.31 bits per heavy atom. The molecule has 1 aromatic carbocycles. The summed E-state index contributed by atoms with van der Waals surface area (Å²) in [4.78, 5) is 3.16. The highest BCUT2D eigenvalue weighted by Gasteiger charge is 2.03. The molecule has 0 fully saturated rings. The molecule has 3 heteroatoms. The zero-order valence-corrected chi connectivity index (χ0v) is 8.07. The van der Waals surface area contributed by atoms with Gasteiger partial charge in [-0.3, -0.25) is 0 Å². The number of hydrogen-bond donors (Lipinski definition) is 1. The molecule has 2 rings (SSSR count). The largest absolute Gasteiger partial charge is 0.355 e. The molecule has 0 bridgehead atoms. The topological polar surface area (TPSA) is 15.8 Å². The van der Waals surface area contributed by atoms with Crippen molar-refractivity contribution in [1.82, 2.24) is 4.98 Å². The number of hydrogen-bond acceptors (Lipinski definition) is 0. The number of nitrogens with one attached hydrogen (secondary N) is 1. The van der Waals surface area contributed by atoms with Crippen LogP contribution in [-0.2, 0) is 0 Å². The fourth-order valence-electron chi connectivity index (χ4n) is 1.43. The van der Waals surface area contributed by atoms with E-state index in [-0.39, 0.29) is 0 Å². The van der Waals surface area contributed by atoms with E-state index in [1.807, 2.05) is 24.3 Å². The molecule has 0 spiro atoms.